The Bertz CT molecular complexity index is 347. The van der Waals surface area contributed by atoms with Gasteiger partial charge in [-0.3, -0.25) is 0 Å². The molecule has 1 aromatic heterocycles. The van der Waals surface area contributed by atoms with Crippen molar-refractivity contribution in [3.8, 4) is 0 Å². The Morgan fingerprint density at radius 3 is 2.33 bits per heavy atom. The van der Waals surface area contributed by atoms with Gasteiger partial charge in [0.15, 0.2) is 0 Å². The zero-order valence-electron chi connectivity index (χ0n) is 9.37. The van der Waals surface area contributed by atoms with Gasteiger partial charge < -0.3 is 10.4 Å². The maximum absolute atomic E-state index is 12.8. The minimum absolute atomic E-state index is 0.356. The maximum atomic E-state index is 12.8. The fourth-order valence-electron chi connectivity index (χ4n) is 0.875. The molecule has 0 unspecified atom stereocenters. The number of aromatic nitrogens is 2. The van der Waals surface area contributed by atoms with E-state index >= 15 is 0 Å². The Morgan fingerprint density at radius 1 is 1.27 bits per heavy atom. The van der Waals surface area contributed by atoms with Crippen molar-refractivity contribution in [1.82, 2.24) is 9.97 Å². The third-order valence-corrected chi connectivity index (χ3v) is 2.60. The van der Waals surface area contributed by atoms with Crippen LogP contribution < -0.4 is 5.32 Å². The minimum Gasteiger partial charge on any atom is -0.388 e. The Kier molecular flexibility index (Phi) is 2.95. The average Bonchev–Trinajstić information content (AvgIpc) is 2.00. The van der Waals surface area contributed by atoms with Crippen molar-refractivity contribution in [2.75, 3.05) is 5.32 Å². The summed E-state index contributed by atoms with van der Waals surface area (Å²) in [5, 5.41) is 12.8. The summed E-state index contributed by atoms with van der Waals surface area (Å²) in [5.74, 6) is -0.242. The highest BCUT2D eigenvalue weighted by atomic mass is 19.1. The molecular weight excluding hydrogens is 197 g/mol. The van der Waals surface area contributed by atoms with E-state index in [4.69, 9.17) is 0 Å². The van der Waals surface area contributed by atoms with Gasteiger partial charge in [-0.1, -0.05) is 0 Å². The van der Waals surface area contributed by atoms with E-state index in [9.17, 15) is 9.50 Å². The second-order valence-corrected chi connectivity index (χ2v) is 4.53. The highest BCUT2D eigenvalue weighted by molar-refractivity contribution is 5.36. The van der Waals surface area contributed by atoms with Gasteiger partial charge in [-0.25, -0.2) is 9.97 Å². The molecule has 1 rings (SSSR count). The predicted octanol–water partition coefficient (Wildman–Crippen LogP) is 1.58. The SMILES string of the molecule is CC(C)(O)C(C)(C)Nc1cc(F)ncn1. The third-order valence-electron chi connectivity index (χ3n) is 2.60. The summed E-state index contributed by atoms with van der Waals surface area (Å²) >= 11 is 0. The van der Waals surface area contributed by atoms with Crippen LogP contribution in [-0.4, -0.2) is 26.2 Å². The van der Waals surface area contributed by atoms with Crippen molar-refractivity contribution in [3.05, 3.63) is 18.3 Å². The molecule has 1 heterocycles. The molecule has 2 N–H and O–H groups in total. The lowest BCUT2D eigenvalue weighted by Gasteiger charge is -2.38. The van der Waals surface area contributed by atoms with Crippen LogP contribution >= 0.6 is 0 Å². The fourth-order valence-corrected chi connectivity index (χ4v) is 0.875. The molecule has 0 bridgehead atoms. The van der Waals surface area contributed by atoms with Gasteiger partial charge in [0.25, 0.3) is 0 Å². The molecule has 0 saturated carbocycles. The van der Waals surface area contributed by atoms with E-state index in [2.05, 4.69) is 15.3 Å². The van der Waals surface area contributed by atoms with E-state index in [-0.39, 0.29) is 0 Å². The fraction of sp³-hybridized carbons (Fsp3) is 0.600. The first-order chi connectivity index (χ1) is 6.72. The van der Waals surface area contributed by atoms with Crippen LogP contribution in [0.2, 0.25) is 0 Å². The van der Waals surface area contributed by atoms with Crippen molar-refractivity contribution in [3.63, 3.8) is 0 Å². The number of nitrogens with zero attached hydrogens (tertiary/aromatic N) is 2. The van der Waals surface area contributed by atoms with Crippen molar-refractivity contribution in [2.24, 2.45) is 0 Å². The molecule has 0 aliphatic heterocycles. The lowest BCUT2D eigenvalue weighted by Crippen LogP contribution is -2.51. The molecule has 0 aliphatic rings. The number of nitrogens with one attached hydrogen (secondary N) is 1. The molecule has 5 heteroatoms. The van der Waals surface area contributed by atoms with Gasteiger partial charge in [0.2, 0.25) is 5.95 Å². The zero-order chi connectivity index (χ0) is 11.7. The Hall–Kier alpha value is -1.23. The molecule has 0 fully saturated rings. The summed E-state index contributed by atoms with van der Waals surface area (Å²) in [6.45, 7) is 6.98. The molecule has 0 aliphatic carbocycles. The number of aliphatic hydroxyl groups is 1. The molecule has 0 atom stereocenters. The van der Waals surface area contributed by atoms with Crippen LogP contribution in [0.4, 0.5) is 10.2 Å². The monoisotopic (exact) mass is 213 g/mol. The van der Waals surface area contributed by atoms with Gasteiger partial charge in [-0.05, 0) is 27.7 Å². The van der Waals surface area contributed by atoms with Crippen LogP contribution in [0.25, 0.3) is 0 Å². The highest BCUT2D eigenvalue weighted by Crippen LogP contribution is 2.24. The standard InChI is InChI=1S/C10H16FN3O/c1-9(2,10(3,4)15)14-8-5-7(11)12-6-13-8/h5-6,15H,1-4H3,(H,12,13,14). The van der Waals surface area contributed by atoms with Gasteiger partial charge >= 0.3 is 0 Å². The second-order valence-electron chi connectivity index (χ2n) is 4.53. The zero-order valence-corrected chi connectivity index (χ0v) is 9.37. The van der Waals surface area contributed by atoms with Gasteiger partial charge in [0, 0.05) is 6.07 Å². The third kappa shape index (κ3) is 2.86. The summed E-state index contributed by atoms with van der Waals surface area (Å²) in [5.41, 5.74) is -1.57. The molecule has 1 aromatic rings. The van der Waals surface area contributed by atoms with Gasteiger partial charge in [-0.15, -0.1) is 0 Å². The van der Waals surface area contributed by atoms with Gasteiger partial charge in [-0.2, -0.15) is 4.39 Å². The van der Waals surface area contributed by atoms with E-state index < -0.39 is 17.1 Å². The van der Waals surface area contributed by atoms with Crippen LogP contribution in [-0.2, 0) is 0 Å². The molecule has 0 spiro atoms. The lowest BCUT2D eigenvalue weighted by molar-refractivity contribution is 0.0238. The molecular formula is C10H16FN3O. The van der Waals surface area contributed by atoms with E-state index in [1.165, 1.54) is 6.07 Å². The van der Waals surface area contributed by atoms with Crippen molar-refractivity contribution < 1.29 is 9.50 Å². The number of anilines is 1. The topological polar surface area (TPSA) is 58.0 Å². The van der Waals surface area contributed by atoms with Crippen molar-refractivity contribution in [2.45, 2.75) is 38.8 Å². The van der Waals surface area contributed by atoms with Gasteiger partial charge in [0.1, 0.15) is 12.1 Å². The van der Waals surface area contributed by atoms with Crippen LogP contribution in [0.5, 0.6) is 0 Å². The summed E-state index contributed by atoms with van der Waals surface area (Å²) in [6.07, 6.45) is 1.14. The van der Waals surface area contributed by atoms with E-state index in [1.54, 1.807) is 13.8 Å². The van der Waals surface area contributed by atoms with E-state index in [0.717, 1.165) is 6.33 Å². The minimum atomic E-state index is -0.950. The van der Waals surface area contributed by atoms with Crippen molar-refractivity contribution >= 4 is 5.82 Å². The van der Waals surface area contributed by atoms with Crippen molar-refractivity contribution in [1.29, 1.82) is 0 Å². The van der Waals surface area contributed by atoms with Crippen LogP contribution in [0.3, 0.4) is 0 Å². The largest absolute Gasteiger partial charge is 0.388 e. The molecule has 0 aromatic carbocycles. The normalized spacial score (nSPS) is 12.7. The number of hydrogen-bond acceptors (Lipinski definition) is 4. The maximum Gasteiger partial charge on any atom is 0.217 e. The quantitative estimate of drug-likeness (QED) is 0.748. The highest BCUT2D eigenvalue weighted by Gasteiger charge is 2.35. The summed E-state index contributed by atoms with van der Waals surface area (Å²) in [6, 6.07) is 1.19. The molecule has 0 radical (unpaired) electrons. The smallest absolute Gasteiger partial charge is 0.217 e. The molecule has 15 heavy (non-hydrogen) atoms. The van der Waals surface area contributed by atoms with Crippen LogP contribution in [0, 0.1) is 5.95 Å². The second kappa shape index (κ2) is 3.73. The lowest BCUT2D eigenvalue weighted by atomic mass is 9.86. The number of halogens is 1. The average molecular weight is 213 g/mol. The van der Waals surface area contributed by atoms with E-state index in [1.807, 2.05) is 13.8 Å². The van der Waals surface area contributed by atoms with Crippen LogP contribution in [0.1, 0.15) is 27.7 Å². The Morgan fingerprint density at radius 2 is 1.87 bits per heavy atom. The predicted molar refractivity (Wildman–Crippen MR) is 56.0 cm³/mol. The first kappa shape index (κ1) is 11.8. The van der Waals surface area contributed by atoms with Crippen LogP contribution in [0.15, 0.2) is 12.4 Å². The number of rotatable bonds is 3. The summed E-state index contributed by atoms with van der Waals surface area (Å²) < 4.78 is 12.8. The molecule has 0 saturated heterocycles. The first-order valence-electron chi connectivity index (χ1n) is 4.70. The Labute approximate surface area is 88.6 Å². The van der Waals surface area contributed by atoms with Gasteiger partial charge in [0.05, 0.1) is 11.1 Å². The first-order valence-corrected chi connectivity index (χ1v) is 4.70. The molecule has 4 nitrogen and oxygen atoms in total. The summed E-state index contributed by atoms with van der Waals surface area (Å²) in [4.78, 5) is 7.22. The number of hydrogen-bond donors (Lipinski definition) is 2. The summed E-state index contributed by atoms with van der Waals surface area (Å²) in [7, 11) is 0. The molecule has 0 amide bonds. The van der Waals surface area contributed by atoms with E-state index in [0.29, 0.717) is 5.82 Å². The molecule has 84 valence electrons. The Balaban J connectivity index is 2.87.